The highest BCUT2D eigenvalue weighted by Gasteiger charge is 2.21. The predicted octanol–water partition coefficient (Wildman–Crippen LogP) is 7.84. The van der Waals surface area contributed by atoms with E-state index in [0.717, 1.165) is 74.9 Å². The average Bonchev–Trinajstić information content (AvgIpc) is 2.93. The predicted molar refractivity (Wildman–Crippen MR) is 164 cm³/mol. The molecule has 3 heteroatoms. The van der Waals surface area contributed by atoms with Gasteiger partial charge in [-0.15, -0.1) is 0 Å². The summed E-state index contributed by atoms with van der Waals surface area (Å²) in [6.45, 7) is 13.3. The molecule has 4 rings (SSSR count). The Morgan fingerprint density at radius 2 is 0.667 bits per heavy atom. The summed E-state index contributed by atoms with van der Waals surface area (Å²) in [5.41, 5.74) is 16.3. The Hall–Kier alpha value is -3.33. The Kier molecular flexibility index (Phi) is 10.0. The van der Waals surface area contributed by atoms with Gasteiger partial charge in [-0.1, -0.05) is 39.0 Å². The molecule has 0 unspecified atom stereocenters. The topological polar surface area (TPSA) is 38.7 Å². The third-order valence-corrected chi connectivity index (χ3v) is 7.98. The van der Waals surface area contributed by atoms with Gasteiger partial charge in [-0.25, -0.2) is 0 Å². The standard InChI is InChI=1S/C36H45N3/c1-7-31-34(22-19-28-16-10-13-25(4)37-28)32(8-2)36(24-21-30-18-12-15-27(6)39-30)33(9-3)35(31)23-20-29-17-11-14-26(5)38-29/h10-18H,7-9,19-24H2,1-6H3. The molecule has 0 spiro atoms. The summed E-state index contributed by atoms with van der Waals surface area (Å²) >= 11 is 0. The van der Waals surface area contributed by atoms with E-state index < -0.39 is 0 Å². The van der Waals surface area contributed by atoms with Crippen molar-refractivity contribution in [2.45, 2.75) is 99.3 Å². The molecule has 0 N–H and O–H groups in total. The molecule has 3 nitrogen and oxygen atoms in total. The van der Waals surface area contributed by atoms with Gasteiger partial charge in [0.1, 0.15) is 0 Å². The summed E-state index contributed by atoms with van der Waals surface area (Å²) in [7, 11) is 0. The first kappa shape index (κ1) is 28.7. The second-order valence-corrected chi connectivity index (χ2v) is 10.7. The molecule has 0 fully saturated rings. The van der Waals surface area contributed by atoms with Crippen molar-refractivity contribution >= 4 is 0 Å². The Bertz CT molecular complexity index is 1210. The molecule has 0 aliphatic heterocycles. The number of hydrogen-bond donors (Lipinski definition) is 0. The van der Waals surface area contributed by atoms with Crippen LogP contribution < -0.4 is 0 Å². The number of hydrogen-bond acceptors (Lipinski definition) is 3. The van der Waals surface area contributed by atoms with E-state index in [-0.39, 0.29) is 0 Å². The molecule has 0 amide bonds. The maximum absolute atomic E-state index is 4.83. The van der Waals surface area contributed by atoms with Crippen molar-refractivity contribution in [1.29, 1.82) is 0 Å². The fraction of sp³-hybridized carbons (Fsp3) is 0.417. The van der Waals surface area contributed by atoms with Crippen molar-refractivity contribution in [2.75, 3.05) is 0 Å². The van der Waals surface area contributed by atoms with Gasteiger partial charge in [0.2, 0.25) is 0 Å². The van der Waals surface area contributed by atoms with Crippen LogP contribution in [0.25, 0.3) is 0 Å². The minimum Gasteiger partial charge on any atom is -0.258 e. The van der Waals surface area contributed by atoms with Gasteiger partial charge in [-0.3, -0.25) is 15.0 Å². The van der Waals surface area contributed by atoms with E-state index in [4.69, 9.17) is 15.0 Å². The summed E-state index contributed by atoms with van der Waals surface area (Å²) in [5.74, 6) is 0. The van der Waals surface area contributed by atoms with Crippen molar-refractivity contribution in [3.8, 4) is 0 Å². The summed E-state index contributed by atoms with van der Waals surface area (Å²) < 4.78 is 0. The molecule has 4 aromatic rings. The Morgan fingerprint density at radius 1 is 0.385 bits per heavy atom. The number of pyridine rings is 3. The van der Waals surface area contributed by atoms with Gasteiger partial charge in [-0.2, -0.15) is 0 Å². The molecular weight excluding hydrogens is 474 g/mol. The number of aryl methyl sites for hydroxylation is 6. The fourth-order valence-corrected chi connectivity index (χ4v) is 6.25. The largest absolute Gasteiger partial charge is 0.258 e. The highest BCUT2D eigenvalue weighted by molar-refractivity contribution is 5.53. The quantitative estimate of drug-likeness (QED) is 0.191. The smallest absolute Gasteiger partial charge is 0.0410 e. The van der Waals surface area contributed by atoms with E-state index in [9.17, 15) is 0 Å². The lowest BCUT2D eigenvalue weighted by molar-refractivity contribution is 0.796. The molecule has 0 radical (unpaired) electrons. The molecule has 0 atom stereocenters. The lowest BCUT2D eigenvalue weighted by Crippen LogP contribution is -2.15. The van der Waals surface area contributed by atoms with E-state index in [1.54, 1.807) is 33.4 Å². The second kappa shape index (κ2) is 13.6. The van der Waals surface area contributed by atoms with E-state index in [1.807, 2.05) is 0 Å². The van der Waals surface area contributed by atoms with Crippen molar-refractivity contribution in [3.05, 3.63) is 122 Å². The molecule has 0 aliphatic rings. The van der Waals surface area contributed by atoms with E-state index in [0.29, 0.717) is 0 Å². The van der Waals surface area contributed by atoms with Gasteiger partial charge >= 0.3 is 0 Å². The zero-order valence-corrected chi connectivity index (χ0v) is 24.9. The number of benzene rings is 1. The van der Waals surface area contributed by atoms with Crippen molar-refractivity contribution in [2.24, 2.45) is 0 Å². The zero-order valence-electron chi connectivity index (χ0n) is 24.9. The van der Waals surface area contributed by atoms with Gasteiger partial charge < -0.3 is 0 Å². The van der Waals surface area contributed by atoms with Gasteiger partial charge in [0.05, 0.1) is 0 Å². The molecule has 39 heavy (non-hydrogen) atoms. The first-order valence-electron chi connectivity index (χ1n) is 14.9. The minimum atomic E-state index is 0.977. The summed E-state index contributed by atoms with van der Waals surface area (Å²) in [6.07, 6.45) is 9.24. The molecule has 0 bridgehead atoms. The molecule has 0 saturated carbocycles. The highest BCUT2D eigenvalue weighted by Crippen LogP contribution is 2.33. The summed E-state index contributed by atoms with van der Waals surface area (Å²) in [6, 6.07) is 19.2. The molecule has 3 heterocycles. The lowest BCUT2D eigenvalue weighted by Gasteiger charge is -2.26. The Labute approximate surface area is 236 Å². The molecular formula is C36H45N3. The molecule has 0 aliphatic carbocycles. The van der Waals surface area contributed by atoms with Crippen LogP contribution in [0.3, 0.4) is 0 Å². The van der Waals surface area contributed by atoms with Crippen LogP contribution in [0.15, 0.2) is 54.6 Å². The third kappa shape index (κ3) is 7.20. The minimum absolute atomic E-state index is 0.977. The van der Waals surface area contributed by atoms with Crippen LogP contribution in [0.1, 0.15) is 88.3 Å². The SMILES string of the molecule is CCc1c(CCc2cccc(C)n2)c(CC)c(CCc2cccc(C)n2)c(CC)c1CCc1cccc(C)n1. The van der Waals surface area contributed by atoms with Crippen molar-refractivity contribution in [1.82, 2.24) is 15.0 Å². The molecule has 3 aromatic heterocycles. The highest BCUT2D eigenvalue weighted by atomic mass is 14.7. The molecule has 204 valence electrons. The Morgan fingerprint density at radius 3 is 0.897 bits per heavy atom. The monoisotopic (exact) mass is 519 g/mol. The van der Waals surface area contributed by atoms with Crippen molar-refractivity contribution < 1.29 is 0 Å². The van der Waals surface area contributed by atoms with Crippen LogP contribution in [-0.2, 0) is 57.8 Å². The fourth-order valence-electron chi connectivity index (χ4n) is 6.25. The van der Waals surface area contributed by atoms with Crippen LogP contribution >= 0.6 is 0 Å². The number of aromatic nitrogens is 3. The van der Waals surface area contributed by atoms with Crippen molar-refractivity contribution in [3.63, 3.8) is 0 Å². The number of rotatable bonds is 12. The molecule has 1 aromatic carbocycles. The van der Waals surface area contributed by atoms with Gasteiger partial charge in [0.15, 0.2) is 0 Å². The first-order chi connectivity index (χ1) is 18.9. The van der Waals surface area contributed by atoms with Crippen LogP contribution in [0.2, 0.25) is 0 Å². The maximum Gasteiger partial charge on any atom is 0.0410 e. The Balaban J connectivity index is 1.78. The molecule has 0 saturated heterocycles. The lowest BCUT2D eigenvalue weighted by atomic mass is 9.79. The zero-order chi connectivity index (χ0) is 27.8. The van der Waals surface area contributed by atoms with Gasteiger partial charge in [-0.05, 0) is 148 Å². The van der Waals surface area contributed by atoms with Gasteiger partial charge in [0, 0.05) is 34.2 Å². The second-order valence-electron chi connectivity index (χ2n) is 10.7. The first-order valence-corrected chi connectivity index (χ1v) is 14.9. The van der Waals surface area contributed by atoms with Crippen LogP contribution in [0.5, 0.6) is 0 Å². The van der Waals surface area contributed by atoms with E-state index in [2.05, 4.69) is 96.1 Å². The van der Waals surface area contributed by atoms with Crippen LogP contribution in [-0.4, -0.2) is 15.0 Å². The van der Waals surface area contributed by atoms with Gasteiger partial charge in [0.25, 0.3) is 0 Å². The van der Waals surface area contributed by atoms with Crippen LogP contribution in [0, 0.1) is 20.8 Å². The number of nitrogens with zero attached hydrogens (tertiary/aromatic N) is 3. The normalized spacial score (nSPS) is 11.2. The van der Waals surface area contributed by atoms with E-state index in [1.165, 1.54) is 17.1 Å². The summed E-state index contributed by atoms with van der Waals surface area (Å²) in [5, 5.41) is 0. The third-order valence-electron chi connectivity index (χ3n) is 7.98. The average molecular weight is 520 g/mol. The summed E-state index contributed by atoms with van der Waals surface area (Å²) in [4.78, 5) is 14.5. The maximum atomic E-state index is 4.83. The van der Waals surface area contributed by atoms with E-state index >= 15 is 0 Å². The van der Waals surface area contributed by atoms with Crippen LogP contribution in [0.4, 0.5) is 0 Å².